The van der Waals surface area contributed by atoms with Crippen molar-refractivity contribution >= 4 is 28.3 Å². The van der Waals surface area contributed by atoms with Crippen LogP contribution >= 0.6 is 11.3 Å². The molecule has 0 unspecified atom stereocenters. The number of H-pyrrole nitrogens is 1. The zero-order chi connectivity index (χ0) is 20.4. The lowest BCUT2D eigenvalue weighted by Gasteiger charge is -2.15. The van der Waals surface area contributed by atoms with Gasteiger partial charge < -0.3 is 19.9 Å². The summed E-state index contributed by atoms with van der Waals surface area (Å²) in [5, 5.41) is 4.93. The maximum absolute atomic E-state index is 13.5. The van der Waals surface area contributed by atoms with Crippen LogP contribution in [0.3, 0.4) is 0 Å². The van der Waals surface area contributed by atoms with E-state index in [2.05, 4.69) is 15.3 Å². The van der Waals surface area contributed by atoms with Crippen molar-refractivity contribution in [2.75, 3.05) is 13.1 Å². The lowest BCUT2D eigenvalue weighted by Crippen LogP contribution is -2.37. The minimum Gasteiger partial charge on any atom is -0.487 e. The predicted molar refractivity (Wildman–Crippen MR) is 103 cm³/mol. The molecule has 1 aliphatic heterocycles. The molecule has 1 aliphatic rings. The zero-order valence-electron chi connectivity index (χ0n) is 15.4. The fraction of sp³-hybridized carbons (Fsp3) is 0.368. The maximum atomic E-state index is 13.5. The molecular formula is C19H19F3N4O2S. The normalized spacial score (nSPS) is 14.5. The van der Waals surface area contributed by atoms with E-state index in [-0.39, 0.29) is 24.9 Å². The van der Waals surface area contributed by atoms with Crippen LogP contribution < -0.4 is 10.1 Å². The van der Waals surface area contributed by atoms with E-state index in [4.69, 9.17) is 4.74 Å². The third kappa shape index (κ3) is 4.47. The number of alkyl halides is 3. The minimum absolute atomic E-state index is 0.0441. The van der Waals surface area contributed by atoms with E-state index < -0.39 is 11.7 Å². The van der Waals surface area contributed by atoms with E-state index >= 15 is 0 Å². The molecule has 154 valence electrons. The summed E-state index contributed by atoms with van der Waals surface area (Å²) in [6, 6.07) is 3.85. The van der Waals surface area contributed by atoms with Gasteiger partial charge in [0.05, 0.1) is 23.3 Å². The number of hydrogen-bond acceptors (Lipinski definition) is 4. The molecule has 6 nitrogen and oxygen atoms in total. The molecule has 3 heterocycles. The molecule has 0 saturated carbocycles. The molecule has 3 aromatic rings. The van der Waals surface area contributed by atoms with Crippen LogP contribution in [0.25, 0.3) is 10.9 Å². The van der Waals surface area contributed by atoms with E-state index in [0.29, 0.717) is 22.3 Å². The summed E-state index contributed by atoms with van der Waals surface area (Å²) in [5.74, 6) is -0.257. The number of halogens is 3. The second-order valence-electron chi connectivity index (χ2n) is 6.85. The van der Waals surface area contributed by atoms with Crippen LogP contribution in [0, 0.1) is 0 Å². The van der Waals surface area contributed by atoms with Gasteiger partial charge in [-0.3, -0.25) is 0 Å². The Bertz CT molecular complexity index is 995. The molecule has 2 aromatic heterocycles. The van der Waals surface area contributed by atoms with Gasteiger partial charge in [-0.25, -0.2) is 9.78 Å². The lowest BCUT2D eigenvalue weighted by molar-refractivity contribution is -0.138. The Labute approximate surface area is 168 Å². The van der Waals surface area contributed by atoms with Crippen LogP contribution in [0.15, 0.2) is 29.1 Å². The molecule has 1 saturated heterocycles. The summed E-state index contributed by atoms with van der Waals surface area (Å²) < 4.78 is 45.9. The topological polar surface area (TPSA) is 70.2 Å². The molecule has 0 radical (unpaired) electrons. The summed E-state index contributed by atoms with van der Waals surface area (Å²) in [7, 11) is 0. The van der Waals surface area contributed by atoms with Gasteiger partial charge in [-0.05, 0) is 25.0 Å². The number of ether oxygens (including phenoxy) is 1. The third-order valence-electron chi connectivity index (χ3n) is 4.76. The molecule has 1 fully saturated rings. The summed E-state index contributed by atoms with van der Waals surface area (Å²) in [5.41, 5.74) is 2.46. The van der Waals surface area contributed by atoms with Crippen LogP contribution in [-0.2, 0) is 19.3 Å². The van der Waals surface area contributed by atoms with E-state index in [1.807, 2.05) is 0 Å². The fourth-order valence-corrected chi connectivity index (χ4v) is 3.86. The molecule has 29 heavy (non-hydrogen) atoms. The number of amides is 2. The van der Waals surface area contributed by atoms with E-state index in [1.165, 1.54) is 17.4 Å². The van der Waals surface area contributed by atoms with Gasteiger partial charge in [-0.2, -0.15) is 13.2 Å². The van der Waals surface area contributed by atoms with Crippen molar-refractivity contribution in [1.82, 2.24) is 20.2 Å². The Morgan fingerprint density at radius 3 is 2.76 bits per heavy atom. The molecular weight excluding hydrogens is 405 g/mol. The second kappa shape index (κ2) is 7.94. The Morgan fingerprint density at radius 2 is 2.07 bits per heavy atom. The van der Waals surface area contributed by atoms with Crippen molar-refractivity contribution in [2.24, 2.45) is 0 Å². The predicted octanol–water partition coefficient (Wildman–Crippen LogP) is 4.53. The van der Waals surface area contributed by atoms with Crippen molar-refractivity contribution < 1.29 is 22.7 Å². The number of hydrogen-bond donors (Lipinski definition) is 2. The van der Waals surface area contributed by atoms with Crippen LogP contribution in [0.2, 0.25) is 0 Å². The van der Waals surface area contributed by atoms with E-state index in [0.717, 1.165) is 32.0 Å². The van der Waals surface area contributed by atoms with Gasteiger partial charge in [0.25, 0.3) is 0 Å². The number of urea groups is 1. The molecule has 1 aromatic carbocycles. The smallest absolute Gasteiger partial charge is 0.419 e. The molecule has 0 spiro atoms. The molecule has 2 N–H and O–H groups in total. The largest absolute Gasteiger partial charge is 0.487 e. The number of thiazole rings is 1. The maximum Gasteiger partial charge on any atom is 0.419 e. The first kappa shape index (κ1) is 19.6. The molecule has 0 aliphatic carbocycles. The van der Waals surface area contributed by atoms with Gasteiger partial charge in [0.15, 0.2) is 0 Å². The highest BCUT2D eigenvalue weighted by molar-refractivity contribution is 7.07. The first-order valence-corrected chi connectivity index (χ1v) is 10.1. The highest BCUT2D eigenvalue weighted by Gasteiger charge is 2.35. The minimum atomic E-state index is -4.55. The number of nitrogens with zero attached hydrogens (tertiary/aromatic N) is 2. The van der Waals surface area contributed by atoms with Gasteiger partial charge in [0.1, 0.15) is 12.4 Å². The van der Waals surface area contributed by atoms with Crippen LogP contribution in [0.5, 0.6) is 5.75 Å². The summed E-state index contributed by atoms with van der Waals surface area (Å²) in [6.45, 7) is 1.62. The van der Waals surface area contributed by atoms with Crippen molar-refractivity contribution in [2.45, 2.75) is 32.2 Å². The second-order valence-corrected chi connectivity index (χ2v) is 7.57. The Balaban J connectivity index is 1.54. The van der Waals surface area contributed by atoms with E-state index in [1.54, 1.807) is 21.9 Å². The van der Waals surface area contributed by atoms with Crippen LogP contribution in [0.4, 0.5) is 18.0 Å². The van der Waals surface area contributed by atoms with Crippen molar-refractivity contribution in [3.8, 4) is 5.75 Å². The zero-order valence-corrected chi connectivity index (χ0v) is 16.2. The monoisotopic (exact) mass is 424 g/mol. The number of benzene rings is 1. The van der Waals surface area contributed by atoms with Crippen molar-refractivity contribution in [3.63, 3.8) is 0 Å². The standard InChI is InChI=1S/C19H19F3N4O2S/c20-19(21,22)15-6-12-5-13(8-23-18(27)26-3-1-2-4-26)25-16(12)7-17(15)28-9-14-10-29-11-24-14/h5-7,10-11,25H,1-4,8-9H2,(H,23,27). The Morgan fingerprint density at radius 1 is 1.28 bits per heavy atom. The lowest BCUT2D eigenvalue weighted by atomic mass is 10.1. The van der Waals surface area contributed by atoms with Crippen LogP contribution in [-0.4, -0.2) is 34.0 Å². The number of rotatable bonds is 5. The quantitative estimate of drug-likeness (QED) is 0.632. The summed E-state index contributed by atoms with van der Waals surface area (Å²) in [6.07, 6.45) is -2.57. The van der Waals surface area contributed by atoms with Gasteiger partial charge in [0, 0.05) is 41.1 Å². The Hall–Kier alpha value is -2.75. The number of aromatic amines is 1. The number of aromatic nitrogens is 2. The molecule has 10 heteroatoms. The molecule has 0 bridgehead atoms. The summed E-state index contributed by atoms with van der Waals surface area (Å²) in [4.78, 5) is 20.9. The van der Waals surface area contributed by atoms with Crippen molar-refractivity contribution in [3.05, 3.63) is 46.0 Å². The number of nitrogens with one attached hydrogen (secondary N) is 2. The van der Waals surface area contributed by atoms with Gasteiger partial charge >= 0.3 is 12.2 Å². The SMILES string of the molecule is O=C(NCc1cc2cc(C(F)(F)F)c(OCc3cscn3)cc2[nH]1)N1CCCC1. The van der Waals surface area contributed by atoms with Gasteiger partial charge in [0.2, 0.25) is 0 Å². The Kier molecular flexibility index (Phi) is 5.35. The van der Waals surface area contributed by atoms with Crippen LogP contribution in [0.1, 0.15) is 29.8 Å². The molecule has 0 atom stereocenters. The van der Waals surface area contributed by atoms with E-state index in [9.17, 15) is 18.0 Å². The fourth-order valence-electron chi connectivity index (χ4n) is 3.32. The number of likely N-dealkylation sites (tertiary alicyclic amines) is 1. The molecule has 4 rings (SSSR count). The average molecular weight is 424 g/mol. The molecule has 2 amide bonds. The highest BCUT2D eigenvalue weighted by Crippen LogP contribution is 2.39. The first-order chi connectivity index (χ1) is 13.9. The van der Waals surface area contributed by atoms with Gasteiger partial charge in [-0.15, -0.1) is 11.3 Å². The number of fused-ring (bicyclic) bond motifs is 1. The van der Waals surface area contributed by atoms with Crippen molar-refractivity contribution in [1.29, 1.82) is 0 Å². The highest BCUT2D eigenvalue weighted by atomic mass is 32.1. The number of carbonyl (C=O) groups excluding carboxylic acids is 1. The van der Waals surface area contributed by atoms with Gasteiger partial charge in [-0.1, -0.05) is 0 Å². The third-order valence-corrected chi connectivity index (χ3v) is 5.40. The number of carbonyl (C=O) groups is 1. The summed E-state index contributed by atoms with van der Waals surface area (Å²) >= 11 is 1.35. The average Bonchev–Trinajstić information content (AvgIpc) is 3.44. The first-order valence-electron chi connectivity index (χ1n) is 9.15.